The molecule has 0 aromatic heterocycles. The van der Waals surface area contributed by atoms with E-state index in [1.165, 1.54) is 18.4 Å². The van der Waals surface area contributed by atoms with Gasteiger partial charge in [0.15, 0.2) is 5.96 Å². The molecule has 0 unspecified atom stereocenters. The van der Waals surface area contributed by atoms with E-state index in [1.54, 1.807) is 7.05 Å². The van der Waals surface area contributed by atoms with Crippen molar-refractivity contribution >= 4 is 5.96 Å². The summed E-state index contributed by atoms with van der Waals surface area (Å²) in [6, 6.07) is 8.17. The lowest BCUT2D eigenvalue weighted by Gasteiger charge is -2.13. The van der Waals surface area contributed by atoms with Gasteiger partial charge in [-0.1, -0.05) is 12.1 Å². The molecule has 0 atom stereocenters. The van der Waals surface area contributed by atoms with Crippen LogP contribution in [0.2, 0.25) is 0 Å². The minimum absolute atomic E-state index is 0.200. The highest BCUT2D eigenvalue weighted by Gasteiger charge is 2.20. The summed E-state index contributed by atoms with van der Waals surface area (Å²) >= 11 is 0. The van der Waals surface area contributed by atoms with E-state index in [0.717, 1.165) is 30.7 Å². The molecule has 2 N–H and O–H groups in total. The molecule has 0 heterocycles. The SMILES string of the molecule is CN=C(NCc1cccc(OC(C)C)c1)NCC1CC1. The van der Waals surface area contributed by atoms with Gasteiger partial charge < -0.3 is 15.4 Å². The van der Waals surface area contributed by atoms with Gasteiger partial charge in [-0.05, 0) is 50.3 Å². The Morgan fingerprint density at radius 2 is 2.15 bits per heavy atom. The van der Waals surface area contributed by atoms with E-state index in [9.17, 15) is 0 Å². The Kier molecular flexibility index (Phi) is 5.27. The van der Waals surface area contributed by atoms with Crippen LogP contribution < -0.4 is 15.4 Å². The minimum Gasteiger partial charge on any atom is -0.491 e. The summed E-state index contributed by atoms with van der Waals surface area (Å²) in [5.74, 6) is 2.63. The number of ether oxygens (including phenoxy) is 1. The molecule has 1 aromatic carbocycles. The van der Waals surface area contributed by atoms with Gasteiger partial charge in [-0.2, -0.15) is 0 Å². The van der Waals surface area contributed by atoms with Crippen LogP contribution in [-0.4, -0.2) is 25.7 Å². The first-order valence-electron chi connectivity index (χ1n) is 7.37. The topological polar surface area (TPSA) is 45.7 Å². The summed E-state index contributed by atoms with van der Waals surface area (Å²) in [6.45, 7) is 5.85. The van der Waals surface area contributed by atoms with Crippen LogP contribution in [0.25, 0.3) is 0 Å². The van der Waals surface area contributed by atoms with Gasteiger partial charge in [-0.15, -0.1) is 0 Å². The van der Waals surface area contributed by atoms with Crippen LogP contribution >= 0.6 is 0 Å². The predicted molar refractivity (Wildman–Crippen MR) is 83.1 cm³/mol. The number of hydrogen-bond acceptors (Lipinski definition) is 2. The van der Waals surface area contributed by atoms with Gasteiger partial charge in [0.1, 0.15) is 5.75 Å². The highest BCUT2D eigenvalue weighted by molar-refractivity contribution is 5.79. The summed E-state index contributed by atoms with van der Waals surface area (Å²) in [7, 11) is 1.81. The first-order valence-corrected chi connectivity index (χ1v) is 7.37. The van der Waals surface area contributed by atoms with Crippen molar-refractivity contribution in [2.75, 3.05) is 13.6 Å². The fraction of sp³-hybridized carbons (Fsp3) is 0.562. The minimum atomic E-state index is 0.200. The van der Waals surface area contributed by atoms with Crippen LogP contribution in [-0.2, 0) is 6.54 Å². The Labute approximate surface area is 121 Å². The van der Waals surface area contributed by atoms with Crippen LogP contribution in [0.4, 0.5) is 0 Å². The molecule has 1 fully saturated rings. The molecule has 0 amide bonds. The first kappa shape index (κ1) is 14.7. The average Bonchev–Trinajstić information content (AvgIpc) is 3.23. The third-order valence-corrected chi connectivity index (χ3v) is 3.21. The maximum Gasteiger partial charge on any atom is 0.191 e. The molecular weight excluding hydrogens is 250 g/mol. The second-order valence-electron chi connectivity index (χ2n) is 5.56. The summed E-state index contributed by atoms with van der Waals surface area (Å²) in [6.07, 6.45) is 2.89. The number of hydrogen-bond donors (Lipinski definition) is 2. The van der Waals surface area contributed by atoms with Gasteiger partial charge in [0.25, 0.3) is 0 Å². The first-order chi connectivity index (χ1) is 9.67. The molecule has 4 nitrogen and oxygen atoms in total. The predicted octanol–water partition coefficient (Wildman–Crippen LogP) is 2.55. The van der Waals surface area contributed by atoms with Crippen molar-refractivity contribution in [2.24, 2.45) is 10.9 Å². The van der Waals surface area contributed by atoms with Crippen LogP contribution in [0.5, 0.6) is 5.75 Å². The van der Waals surface area contributed by atoms with Crippen molar-refractivity contribution < 1.29 is 4.74 Å². The smallest absolute Gasteiger partial charge is 0.191 e. The molecule has 1 saturated carbocycles. The average molecular weight is 275 g/mol. The van der Waals surface area contributed by atoms with Crippen LogP contribution in [0.3, 0.4) is 0 Å². The van der Waals surface area contributed by atoms with Crippen molar-refractivity contribution in [2.45, 2.75) is 39.3 Å². The molecule has 0 radical (unpaired) electrons. The van der Waals surface area contributed by atoms with Crippen molar-refractivity contribution in [1.82, 2.24) is 10.6 Å². The zero-order chi connectivity index (χ0) is 14.4. The molecular formula is C16H25N3O. The van der Waals surface area contributed by atoms with Crippen molar-refractivity contribution in [3.05, 3.63) is 29.8 Å². The fourth-order valence-electron chi connectivity index (χ4n) is 1.97. The quantitative estimate of drug-likeness (QED) is 0.619. The van der Waals surface area contributed by atoms with Gasteiger partial charge in [0.2, 0.25) is 0 Å². The number of benzene rings is 1. The fourth-order valence-corrected chi connectivity index (χ4v) is 1.97. The Hall–Kier alpha value is -1.71. The van der Waals surface area contributed by atoms with Crippen LogP contribution in [0.15, 0.2) is 29.3 Å². The second-order valence-corrected chi connectivity index (χ2v) is 5.56. The zero-order valence-electron chi connectivity index (χ0n) is 12.6. The molecule has 110 valence electrons. The van der Waals surface area contributed by atoms with Gasteiger partial charge >= 0.3 is 0 Å². The van der Waals surface area contributed by atoms with Gasteiger partial charge in [0.05, 0.1) is 6.10 Å². The van der Waals surface area contributed by atoms with Gasteiger partial charge in [-0.25, -0.2) is 0 Å². The molecule has 4 heteroatoms. The van der Waals surface area contributed by atoms with Gasteiger partial charge in [0, 0.05) is 20.1 Å². The van der Waals surface area contributed by atoms with Crippen molar-refractivity contribution in [1.29, 1.82) is 0 Å². The van der Waals surface area contributed by atoms with Crippen molar-refractivity contribution in [3.63, 3.8) is 0 Å². The molecule has 1 aliphatic rings. The molecule has 1 aliphatic carbocycles. The third kappa shape index (κ3) is 5.11. The highest BCUT2D eigenvalue weighted by atomic mass is 16.5. The largest absolute Gasteiger partial charge is 0.491 e. The summed E-state index contributed by atoms with van der Waals surface area (Å²) in [5.41, 5.74) is 1.19. The Morgan fingerprint density at radius 1 is 1.35 bits per heavy atom. The molecule has 0 saturated heterocycles. The summed E-state index contributed by atoms with van der Waals surface area (Å²) < 4.78 is 5.70. The van der Waals surface area contributed by atoms with E-state index < -0.39 is 0 Å². The van der Waals surface area contributed by atoms with E-state index in [4.69, 9.17) is 4.74 Å². The standard InChI is InChI=1S/C16H25N3O/c1-12(2)20-15-6-4-5-14(9-15)11-19-16(17-3)18-10-13-7-8-13/h4-6,9,12-13H,7-8,10-11H2,1-3H3,(H2,17,18,19). The number of rotatable bonds is 6. The van der Waals surface area contributed by atoms with Gasteiger partial charge in [-0.3, -0.25) is 4.99 Å². The van der Waals surface area contributed by atoms with E-state index in [-0.39, 0.29) is 6.10 Å². The maximum atomic E-state index is 5.70. The molecule has 1 aromatic rings. The lowest BCUT2D eigenvalue weighted by molar-refractivity contribution is 0.242. The summed E-state index contributed by atoms with van der Waals surface area (Å²) in [4.78, 5) is 4.24. The van der Waals surface area contributed by atoms with E-state index in [1.807, 2.05) is 26.0 Å². The molecule has 2 rings (SSSR count). The van der Waals surface area contributed by atoms with E-state index in [0.29, 0.717) is 0 Å². The maximum absolute atomic E-state index is 5.70. The van der Waals surface area contributed by atoms with Crippen LogP contribution in [0, 0.1) is 5.92 Å². The zero-order valence-corrected chi connectivity index (χ0v) is 12.6. The normalized spacial score (nSPS) is 15.3. The number of guanidine groups is 1. The second kappa shape index (κ2) is 7.17. The Morgan fingerprint density at radius 3 is 2.80 bits per heavy atom. The molecule has 0 bridgehead atoms. The lowest BCUT2D eigenvalue weighted by Crippen LogP contribution is -2.37. The number of nitrogens with zero attached hydrogens (tertiary/aromatic N) is 1. The Balaban J connectivity index is 1.82. The lowest BCUT2D eigenvalue weighted by atomic mass is 10.2. The molecule has 0 spiro atoms. The Bertz CT molecular complexity index is 453. The summed E-state index contributed by atoms with van der Waals surface area (Å²) in [5, 5.41) is 6.69. The van der Waals surface area contributed by atoms with E-state index >= 15 is 0 Å². The highest BCUT2D eigenvalue weighted by Crippen LogP contribution is 2.27. The van der Waals surface area contributed by atoms with Crippen LogP contribution in [0.1, 0.15) is 32.3 Å². The third-order valence-electron chi connectivity index (χ3n) is 3.21. The van der Waals surface area contributed by atoms with Crippen molar-refractivity contribution in [3.8, 4) is 5.75 Å². The number of nitrogens with one attached hydrogen (secondary N) is 2. The molecule has 0 aliphatic heterocycles. The molecule has 20 heavy (non-hydrogen) atoms. The van der Waals surface area contributed by atoms with E-state index in [2.05, 4.69) is 27.8 Å². The number of aliphatic imine (C=N–C) groups is 1. The monoisotopic (exact) mass is 275 g/mol.